The second-order valence-corrected chi connectivity index (χ2v) is 6.43. The lowest BCUT2D eigenvalue weighted by molar-refractivity contribution is -0.305. The number of carboxylic acids is 1. The van der Waals surface area contributed by atoms with E-state index in [-0.39, 0.29) is 18.9 Å². The van der Waals surface area contributed by atoms with E-state index in [0.29, 0.717) is 9.23 Å². The highest BCUT2D eigenvalue weighted by molar-refractivity contribution is 8.26. The van der Waals surface area contributed by atoms with Crippen LogP contribution < -0.4 is 5.11 Å². The highest BCUT2D eigenvalue weighted by atomic mass is 32.2. The maximum Gasteiger partial charge on any atom is 0.266 e. The van der Waals surface area contributed by atoms with E-state index in [2.05, 4.69) is 0 Å². The van der Waals surface area contributed by atoms with Crippen molar-refractivity contribution in [1.82, 2.24) is 4.90 Å². The van der Waals surface area contributed by atoms with Crippen molar-refractivity contribution < 1.29 is 14.7 Å². The number of thioether (sulfide) groups is 1. The number of allylic oxidation sites excluding steroid dienone is 2. The molecule has 1 aliphatic rings. The van der Waals surface area contributed by atoms with Crippen LogP contribution in [0.4, 0.5) is 0 Å². The zero-order chi connectivity index (χ0) is 16.1. The van der Waals surface area contributed by atoms with Gasteiger partial charge >= 0.3 is 0 Å². The van der Waals surface area contributed by atoms with Crippen LogP contribution in [0.1, 0.15) is 18.9 Å². The zero-order valence-electron chi connectivity index (χ0n) is 11.9. The van der Waals surface area contributed by atoms with Crippen molar-refractivity contribution in [2.75, 3.05) is 6.54 Å². The Morgan fingerprint density at radius 1 is 1.36 bits per heavy atom. The fraction of sp³-hybridized carbons (Fsp3) is 0.188. The van der Waals surface area contributed by atoms with Gasteiger partial charge in [0.25, 0.3) is 5.91 Å². The summed E-state index contributed by atoms with van der Waals surface area (Å²) < 4.78 is 0.380. The Kier molecular flexibility index (Phi) is 5.51. The molecule has 1 aromatic carbocycles. The standard InChI is InChI=1S/C16H15NO3S2/c1-11(9-12-5-3-2-4-6-12)10-13-15(20)17(16(21)22-13)8-7-14(18)19/h2-6,9-10H,7-8H2,1H3,(H,18,19)/p-1/b11-9+,13-10+. The summed E-state index contributed by atoms with van der Waals surface area (Å²) in [5.41, 5.74) is 1.97. The Hall–Kier alpha value is -1.92. The van der Waals surface area contributed by atoms with E-state index < -0.39 is 5.97 Å². The quantitative estimate of drug-likeness (QED) is 0.609. The molecule has 6 heteroatoms. The Labute approximate surface area is 138 Å². The van der Waals surface area contributed by atoms with Crippen LogP contribution in [0.2, 0.25) is 0 Å². The van der Waals surface area contributed by atoms with Gasteiger partial charge in [-0.1, -0.05) is 60.4 Å². The summed E-state index contributed by atoms with van der Waals surface area (Å²) in [7, 11) is 0. The van der Waals surface area contributed by atoms with Gasteiger partial charge in [0.2, 0.25) is 0 Å². The molecule has 0 saturated carbocycles. The number of carboxylic acid groups (broad SMARTS) is 1. The van der Waals surface area contributed by atoms with Crippen LogP contribution >= 0.6 is 24.0 Å². The molecule has 0 bridgehead atoms. The summed E-state index contributed by atoms with van der Waals surface area (Å²) in [5.74, 6) is -1.45. The molecule has 114 valence electrons. The molecule has 1 aromatic rings. The van der Waals surface area contributed by atoms with Crippen molar-refractivity contribution in [3.05, 3.63) is 52.4 Å². The number of amides is 1. The fourth-order valence-electron chi connectivity index (χ4n) is 1.96. The number of hydrogen-bond donors (Lipinski definition) is 0. The van der Waals surface area contributed by atoms with Gasteiger partial charge in [0.1, 0.15) is 4.32 Å². The third kappa shape index (κ3) is 4.29. The minimum atomic E-state index is -1.20. The molecule has 1 fully saturated rings. The maximum atomic E-state index is 12.2. The van der Waals surface area contributed by atoms with Crippen molar-refractivity contribution >= 4 is 46.3 Å². The van der Waals surface area contributed by atoms with Gasteiger partial charge in [-0.15, -0.1) is 0 Å². The lowest BCUT2D eigenvalue weighted by Crippen LogP contribution is -2.33. The number of rotatable bonds is 5. The lowest BCUT2D eigenvalue weighted by Gasteiger charge is -2.14. The average Bonchev–Trinajstić information content (AvgIpc) is 2.72. The summed E-state index contributed by atoms with van der Waals surface area (Å²) in [6, 6.07) is 9.77. The summed E-state index contributed by atoms with van der Waals surface area (Å²) in [5, 5.41) is 10.5. The molecule has 0 N–H and O–H groups in total. The zero-order valence-corrected chi connectivity index (χ0v) is 13.6. The number of aliphatic carboxylic acids is 1. The molecule has 4 nitrogen and oxygen atoms in total. The number of benzene rings is 1. The van der Waals surface area contributed by atoms with E-state index in [4.69, 9.17) is 12.2 Å². The van der Waals surface area contributed by atoms with Gasteiger partial charge in [-0.05, 0) is 24.1 Å². The molecule has 0 aromatic heterocycles. The first-order valence-electron chi connectivity index (χ1n) is 6.66. The van der Waals surface area contributed by atoms with E-state index in [9.17, 15) is 14.7 Å². The van der Waals surface area contributed by atoms with E-state index in [1.54, 1.807) is 6.08 Å². The minimum Gasteiger partial charge on any atom is -0.550 e. The minimum absolute atomic E-state index is 0.0474. The molecule has 1 amide bonds. The van der Waals surface area contributed by atoms with Crippen LogP contribution in [-0.2, 0) is 9.59 Å². The van der Waals surface area contributed by atoms with Crippen LogP contribution in [0.5, 0.6) is 0 Å². The van der Waals surface area contributed by atoms with Crippen LogP contribution in [0.3, 0.4) is 0 Å². The molecule has 1 saturated heterocycles. The lowest BCUT2D eigenvalue weighted by atomic mass is 10.1. The number of carbonyl (C=O) groups excluding carboxylic acids is 2. The first-order chi connectivity index (χ1) is 10.5. The summed E-state index contributed by atoms with van der Waals surface area (Å²) in [6.45, 7) is 1.95. The topological polar surface area (TPSA) is 60.4 Å². The summed E-state index contributed by atoms with van der Waals surface area (Å²) in [6.07, 6.45) is 3.51. The largest absolute Gasteiger partial charge is 0.550 e. The van der Waals surface area contributed by atoms with Crippen molar-refractivity contribution in [2.24, 2.45) is 0 Å². The van der Waals surface area contributed by atoms with E-state index >= 15 is 0 Å². The molecule has 0 aliphatic carbocycles. The number of hydrogen-bond acceptors (Lipinski definition) is 5. The SMILES string of the molecule is CC(=C\c1ccccc1)/C=C1/SC(=S)N(CCC(=O)[O-])C1=O. The Morgan fingerprint density at radius 3 is 2.68 bits per heavy atom. The van der Waals surface area contributed by atoms with Gasteiger partial charge in [-0.3, -0.25) is 9.69 Å². The molecule has 0 radical (unpaired) electrons. The van der Waals surface area contributed by atoms with Gasteiger partial charge in [0.05, 0.1) is 4.91 Å². The molecule has 0 spiro atoms. The second kappa shape index (κ2) is 7.38. The average molecular weight is 332 g/mol. The molecule has 0 atom stereocenters. The van der Waals surface area contributed by atoms with Crippen molar-refractivity contribution in [3.8, 4) is 0 Å². The molecule has 0 unspecified atom stereocenters. The van der Waals surface area contributed by atoms with Gasteiger partial charge in [0.15, 0.2) is 0 Å². The number of thiocarbonyl (C=S) groups is 1. The van der Waals surface area contributed by atoms with E-state index in [0.717, 1.165) is 11.1 Å². The summed E-state index contributed by atoms with van der Waals surface area (Å²) in [4.78, 5) is 24.5. The molecule has 1 heterocycles. The number of carbonyl (C=O) groups is 2. The molecule has 1 aliphatic heterocycles. The fourth-order valence-corrected chi connectivity index (χ4v) is 3.31. The molecule has 2 rings (SSSR count). The van der Waals surface area contributed by atoms with Crippen LogP contribution in [0.15, 0.2) is 46.9 Å². The van der Waals surface area contributed by atoms with Gasteiger partial charge in [-0.25, -0.2) is 0 Å². The maximum absolute atomic E-state index is 12.2. The summed E-state index contributed by atoms with van der Waals surface area (Å²) >= 11 is 6.31. The third-order valence-corrected chi connectivity index (χ3v) is 4.34. The van der Waals surface area contributed by atoms with Crippen molar-refractivity contribution in [1.29, 1.82) is 0 Å². The second-order valence-electron chi connectivity index (χ2n) is 4.75. The van der Waals surface area contributed by atoms with E-state index in [1.807, 2.05) is 43.3 Å². The first-order valence-corrected chi connectivity index (χ1v) is 7.88. The van der Waals surface area contributed by atoms with Gasteiger partial charge in [0, 0.05) is 18.9 Å². The monoisotopic (exact) mass is 332 g/mol. The van der Waals surface area contributed by atoms with Gasteiger partial charge in [-0.2, -0.15) is 0 Å². The van der Waals surface area contributed by atoms with Crippen molar-refractivity contribution in [2.45, 2.75) is 13.3 Å². The third-order valence-electron chi connectivity index (χ3n) is 2.97. The van der Waals surface area contributed by atoms with Crippen LogP contribution in [-0.4, -0.2) is 27.6 Å². The molecular formula is C16H14NO3S2-. The highest BCUT2D eigenvalue weighted by Crippen LogP contribution is 2.32. The Bertz CT molecular complexity index is 665. The van der Waals surface area contributed by atoms with Crippen LogP contribution in [0, 0.1) is 0 Å². The predicted molar refractivity (Wildman–Crippen MR) is 89.7 cm³/mol. The Balaban J connectivity index is 2.12. The molecular weight excluding hydrogens is 318 g/mol. The highest BCUT2D eigenvalue weighted by Gasteiger charge is 2.31. The Morgan fingerprint density at radius 2 is 2.05 bits per heavy atom. The van der Waals surface area contributed by atoms with Gasteiger partial charge < -0.3 is 9.90 Å². The first kappa shape index (κ1) is 16.5. The smallest absolute Gasteiger partial charge is 0.266 e. The van der Waals surface area contributed by atoms with E-state index in [1.165, 1.54) is 16.7 Å². The number of nitrogens with zero attached hydrogens (tertiary/aromatic N) is 1. The molecule has 22 heavy (non-hydrogen) atoms. The predicted octanol–water partition coefficient (Wildman–Crippen LogP) is 1.97. The van der Waals surface area contributed by atoms with Crippen LogP contribution in [0.25, 0.3) is 6.08 Å². The van der Waals surface area contributed by atoms with Crippen molar-refractivity contribution in [3.63, 3.8) is 0 Å². The normalized spacial score (nSPS) is 17.4.